The van der Waals surface area contributed by atoms with Gasteiger partial charge in [-0.3, -0.25) is 4.99 Å². The monoisotopic (exact) mass is 417 g/mol. The van der Waals surface area contributed by atoms with Crippen LogP contribution in [0.4, 0.5) is 5.69 Å². The van der Waals surface area contributed by atoms with E-state index in [9.17, 15) is 0 Å². The summed E-state index contributed by atoms with van der Waals surface area (Å²) in [4.78, 5) is 12.9. The van der Waals surface area contributed by atoms with Crippen molar-refractivity contribution in [3.63, 3.8) is 0 Å². The molecule has 0 amide bonds. The number of halogens is 2. The van der Waals surface area contributed by atoms with Crippen molar-refractivity contribution in [3.8, 4) is 6.19 Å². The van der Waals surface area contributed by atoms with Crippen LogP contribution in [0.25, 0.3) is 0 Å². The number of aromatic nitrogens is 1. The number of hydrogen-bond acceptors (Lipinski definition) is 3. The summed E-state index contributed by atoms with van der Waals surface area (Å²) in [5.41, 5.74) is 7.54. The fourth-order valence-electron chi connectivity index (χ4n) is 2.47. The molecule has 0 aliphatic rings. The zero-order chi connectivity index (χ0) is 19.0. The molecule has 1 aromatic heterocycles. The second-order valence-electron chi connectivity index (χ2n) is 5.51. The molecule has 0 N–H and O–H groups in total. The van der Waals surface area contributed by atoms with Gasteiger partial charge in [0.2, 0.25) is 6.19 Å². The second-order valence-corrected chi connectivity index (χ2v) is 7.33. The zero-order valence-electron chi connectivity index (χ0n) is 14.7. The van der Waals surface area contributed by atoms with E-state index in [0.29, 0.717) is 11.4 Å². The van der Waals surface area contributed by atoms with Crippen LogP contribution in [0.5, 0.6) is 0 Å². The van der Waals surface area contributed by atoms with Gasteiger partial charge in [-0.15, -0.1) is 11.4 Å². The summed E-state index contributed by atoms with van der Waals surface area (Å²) >= 11 is 0.194. The third-order valence-corrected chi connectivity index (χ3v) is 3.51. The van der Waals surface area contributed by atoms with Crippen molar-refractivity contribution in [2.45, 2.75) is 34.6 Å². The van der Waals surface area contributed by atoms with Crippen molar-refractivity contribution in [3.05, 3.63) is 52.3 Å². The fraction of sp³-hybridized carbons (Fsp3) is 0.278. The average Bonchev–Trinajstić information content (AvgIpc) is 3.02. The molecule has 0 radical (unpaired) electrons. The molecule has 25 heavy (non-hydrogen) atoms. The first-order valence-electron chi connectivity index (χ1n) is 7.40. The molecule has 0 unspecified atom stereocenters. The summed E-state index contributed by atoms with van der Waals surface area (Å²) in [5, 5.41) is 8.60. The Hall–Kier alpha value is -1.57. The van der Waals surface area contributed by atoms with Crippen molar-refractivity contribution >= 4 is 37.3 Å². The Labute approximate surface area is 163 Å². The number of rotatable bonds is 3. The number of aryl methyl sites for hydroxylation is 3. The van der Waals surface area contributed by atoms with E-state index in [4.69, 9.17) is 30.5 Å². The molecule has 1 heterocycles. The normalized spacial score (nSPS) is 11.6. The summed E-state index contributed by atoms with van der Waals surface area (Å²) in [6.45, 7) is 9.94. The quantitative estimate of drug-likeness (QED) is 0.382. The standard InChI is InChI=1S/C18H19N4.2ClH.Fe/c1-11-8-12(2)18(13(3)9-11)21-15(5)17-7-6-16(22-17)14(4)20-10-19;;;/h6-9H,1-5H3;2*1H;/q-1;;;+3/p-2. The molecule has 1 aromatic carbocycles. The van der Waals surface area contributed by atoms with E-state index in [1.807, 2.05) is 19.1 Å². The molecule has 2 aromatic rings. The van der Waals surface area contributed by atoms with E-state index in [1.165, 1.54) is 5.56 Å². The van der Waals surface area contributed by atoms with Gasteiger partial charge >= 0.3 is 33.3 Å². The summed E-state index contributed by atoms with van der Waals surface area (Å²) in [6, 6.07) is 8.03. The Morgan fingerprint density at radius 3 is 2.00 bits per heavy atom. The molecule has 0 saturated heterocycles. The molecule has 4 nitrogen and oxygen atoms in total. The van der Waals surface area contributed by atoms with Gasteiger partial charge in [-0.1, -0.05) is 29.8 Å². The number of nitriles is 1. The van der Waals surface area contributed by atoms with Gasteiger partial charge < -0.3 is 4.98 Å². The Morgan fingerprint density at radius 2 is 1.52 bits per heavy atom. The molecule has 0 fully saturated rings. The Kier molecular flexibility index (Phi) is 8.96. The first kappa shape index (κ1) is 21.5. The molecule has 0 bridgehead atoms. The van der Waals surface area contributed by atoms with E-state index in [1.54, 1.807) is 13.1 Å². The van der Waals surface area contributed by atoms with E-state index in [0.717, 1.165) is 28.2 Å². The van der Waals surface area contributed by atoms with Gasteiger partial charge in [0, 0.05) is 11.4 Å². The number of hydrogen-bond donors (Lipinski definition) is 0. The van der Waals surface area contributed by atoms with Crippen molar-refractivity contribution in [1.82, 2.24) is 4.98 Å². The van der Waals surface area contributed by atoms with Gasteiger partial charge in [0.1, 0.15) is 0 Å². The summed E-state index contributed by atoms with van der Waals surface area (Å²) < 4.78 is 0. The van der Waals surface area contributed by atoms with E-state index in [-0.39, 0.29) is 13.1 Å². The third-order valence-electron chi connectivity index (χ3n) is 3.51. The average molecular weight is 418 g/mol. The minimum absolute atomic E-state index is 0.194. The molecule has 2 rings (SSSR count). The second kappa shape index (κ2) is 10.4. The van der Waals surface area contributed by atoms with Gasteiger partial charge in [0.05, 0.1) is 5.69 Å². The Bertz CT molecular complexity index is 809. The number of aliphatic imine (C=N–C) groups is 2. The van der Waals surface area contributed by atoms with Gasteiger partial charge in [0.25, 0.3) is 0 Å². The van der Waals surface area contributed by atoms with Crippen molar-refractivity contribution < 1.29 is 13.1 Å². The van der Waals surface area contributed by atoms with Gasteiger partial charge in [-0.2, -0.15) is 10.3 Å². The Balaban J connectivity index is 0.000000970. The molecular weight excluding hydrogens is 399 g/mol. The van der Waals surface area contributed by atoms with Crippen LogP contribution < -0.4 is 4.98 Å². The van der Waals surface area contributed by atoms with Crippen LogP contribution in [0.2, 0.25) is 0 Å². The molecule has 133 valence electrons. The van der Waals surface area contributed by atoms with Crippen LogP contribution >= 0.6 is 20.2 Å². The van der Waals surface area contributed by atoms with Crippen LogP contribution in [-0.2, 0) is 13.1 Å². The molecule has 0 saturated carbocycles. The summed E-state index contributed by atoms with van der Waals surface area (Å²) in [5.74, 6) is 0. The maximum absolute atomic E-state index is 8.60. The number of nitrogens with zero attached hydrogens (tertiary/aromatic N) is 4. The van der Waals surface area contributed by atoms with E-state index < -0.39 is 0 Å². The van der Waals surface area contributed by atoms with Crippen LogP contribution in [-0.4, -0.2) is 11.4 Å². The SMILES string of the molecule is CC(=NC#N)c1ccc(C(C)=Nc2c(C)cc(C)cc2C)[n-]1.[Cl][Fe+][Cl]. The first-order chi connectivity index (χ1) is 11.8. The topological polar surface area (TPSA) is 62.6 Å². The van der Waals surface area contributed by atoms with Gasteiger partial charge in [-0.05, 0) is 45.7 Å². The van der Waals surface area contributed by atoms with Gasteiger partial charge in [0.15, 0.2) is 0 Å². The van der Waals surface area contributed by atoms with Crippen LogP contribution in [0, 0.1) is 32.2 Å². The molecular formula is C18H19Cl2FeN4. The van der Waals surface area contributed by atoms with Crippen molar-refractivity contribution in [2.75, 3.05) is 0 Å². The summed E-state index contributed by atoms with van der Waals surface area (Å²) in [6.07, 6.45) is 1.78. The minimum atomic E-state index is 0.194. The molecule has 7 heteroatoms. The Morgan fingerprint density at radius 1 is 1.04 bits per heavy atom. The zero-order valence-corrected chi connectivity index (χ0v) is 17.3. The summed E-state index contributed by atoms with van der Waals surface area (Å²) in [7, 11) is 9.53. The van der Waals surface area contributed by atoms with Crippen LogP contribution in [0.3, 0.4) is 0 Å². The van der Waals surface area contributed by atoms with Crippen molar-refractivity contribution in [1.29, 1.82) is 5.26 Å². The van der Waals surface area contributed by atoms with Crippen LogP contribution in [0.1, 0.15) is 41.9 Å². The van der Waals surface area contributed by atoms with Gasteiger partial charge in [-0.25, -0.2) is 0 Å². The predicted molar refractivity (Wildman–Crippen MR) is 102 cm³/mol. The fourth-order valence-corrected chi connectivity index (χ4v) is 2.47. The van der Waals surface area contributed by atoms with E-state index in [2.05, 4.69) is 42.9 Å². The van der Waals surface area contributed by atoms with Crippen molar-refractivity contribution in [2.24, 2.45) is 9.98 Å². The third kappa shape index (κ3) is 6.34. The molecule has 0 aliphatic heterocycles. The van der Waals surface area contributed by atoms with E-state index >= 15 is 0 Å². The predicted octanol–water partition coefficient (Wildman–Crippen LogP) is 5.38. The molecule has 0 aliphatic carbocycles. The molecule has 0 spiro atoms. The maximum atomic E-state index is 8.60. The van der Waals surface area contributed by atoms with Crippen LogP contribution in [0.15, 0.2) is 34.3 Å². The number of benzene rings is 1. The first-order valence-corrected chi connectivity index (χ1v) is 10.4. The molecule has 0 atom stereocenters.